The minimum atomic E-state index is -3.44. The van der Waals surface area contributed by atoms with Gasteiger partial charge in [-0.1, -0.05) is 30.3 Å². The lowest BCUT2D eigenvalue weighted by Crippen LogP contribution is -2.39. The lowest BCUT2D eigenvalue weighted by atomic mass is 10.1. The first-order valence-corrected chi connectivity index (χ1v) is 11.9. The number of para-hydroxylation sites is 1. The van der Waals surface area contributed by atoms with Crippen molar-refractivity contribution in [3.8, 4) is 5.75 Å². The summed E-state index contributed by atoms with van der Waals surface area (Å²) in [5, 5.41) is 2.62. The topological polar surface area (TPSA) is 81.0 Å². The second-order valence-corrected chi connectivity index (χ2v) is 9.80. The van der Waals surface area contributed by atoms with Gasteiger partial charge in [0.05, 0.1) is 36.3 Å². The maximum atomic E-state index is 13.0. The molecule has 0 aliphatic carbocycles. The summed E-state index contributed by atoms with van der Waals surface area (Å²) in [6, 6.07) is 16.6. The molecule has 0 N–H and O–H groups in total. The molecule has 3 aromatic rings. The minimum absolute atomic E-state index is 0.0819. The van der Waals surface area contributed by atoms with Gasteiger partial charge < -0.3 is 9.47 Å². The molecule has 8 heteroatoms. The van der Waals surface area contributed by atoms with Crippen molar-refractivity contribution in [2.24, 2.45) is 0 Å². The number of hydroxylamine groups is 2. The van der Waals surface area contributed by atoms with Gasteiger partial charge in [-0.15, -0.1) is 5.06 Å². The Morgan fingerprint density at radius 3 is 2.58 bits per heavy atom. The second kappa shape index (κ2) is 8.92. The lowest BCUT2D eigenvalue weighted by molar-refractivity contribution is 0.0258. The Bertz CT molecular complexity index is 1150. The van der Waals surface area contributed by atoms with E-state index >= 15 is 0 Å². The summed E-state index contributed by atoms with van der Waals surface area (Å²) in [4.78, 5) is 10.1. The maximum absolute atomic E-state index is 13.0. The third kappa shape index (κ3) is 5.04. The van der Waals surface area contributed by atoms with Gasteiger partial charge in [0.15, 0.2) is 16.1 Å². The fraction of sp³-hybridized carbons (Fsp3) is 0.348. The Hall–Kier alpha value is -2.52. The summed E-state index contributed by atoms with van der Waals surface area (Å²) in [5.74, 6) is 0.588. The normalized spacial score (nSPS) is 20.4. The molecule has 1 fully saturated rings. The molecular formula is C23H26N2O5S. The summed E-state index contributed by atoms with van der Waals surface area (Å²) in [5.41, 5.74) is 2.44. The number of nitrogens with zero attached hydrogens (tertiary/aromatic N) is 2. The van der Waals surface area contributed by atoms with Crippen molar-refractivity contribution in [2.75, 3.05) is 20.0 Å². The monoisotopic (exact) mass is 442 g/mol. The van der Waals surface area contributed by atoms with Gasteiger partial charge in [-0.05, 0) is 42.3 Å². The first-order valence-electron chi connectivity index (χ1n) is 10.1. The number of hydrogen-bond acceptors (Lipinski definition) is 7. The molecule has 4 atom stereocenters. The van der Waals surface area contributed by atoms with Crippen molar-refractivity contribution < 1.29 is 22.7 Å². The molecule has 1 aromatic heterocycles. The zero-order chi connectivity index (χ0) is 22.0. The Kier molecular flexibility index (Phi) is 6.24. The lowest BCUT2D eigenvalue weighted by Gasteiger charge is -2.22. The highest BCUT2D eigenvalue weighted by atomic mass is 32.2. The Morgan fingerprint density at radius 2 is 1.87 bits per heavy atom. The molecule has 0 spiro atoms. The van der Waals surface area contributed by atoms with Crippen LogP contribution in [-0.2, 0) is 25.2 Å². The number of benzene rings is 2. The molecule has 1 aliphatic rings. The highest BCUT2D eigenvalue weighted by molar-refractivity contribution is 7.90. The van der Waals surface area contributed by atoms with E-state index in [4.69, 9.17) is 14.3 Å². The van der Waals surface area contributed by atoms with Gasteiger partial charge in [-0.2, -0.15) is 0 Å². The van der Waals surface area contributed by atoms with E-state index in [1.54, 1.807) is 25.5 Å². The zero-order valence-electron chi connectivity index (χ0n) is 17.8. The fourth-order valence-electron chi connectivity index (χ4n) is 3.66. The molecule has 0 saturated carbocycles. The number of aromatic nitrogens is 1. The molecule has 31 heavy (non-hydrogen) atoms. The van der Waals surface area contributed by atoms with Crippen LogP contribution in [0.1, 0.15) is 24.3 Å². The van der Waals surface area contributed by atoms with E-state index in [2.05, 4.69) is 4.98 Å². The van der Waals surface area contributed by atoms with Crippen LogP contribution >= 0.6 is 0 Å². The molecule has 7 nitrogen and oxygen atoms in total. The van der Waals surface area contributed by atoms with Crippen molar-refractivity contribution in [3.05, 3.63) is 71.9 Å². The summed E-state index contributed by atoms with van der Waals surface area (Å²) in [7, 11) is -0.255. The Morgan fingerprint density at radius 1 is 1.13 bits per heavy atom. The molecule has 2 heterocycles. The van der Waals surface area contributed by atoms with Crippen LogP contribution in [0.25, 0.3) is 10.9 Å². The van der Waals surface area contributed by atoms with Crippen LogP contribution in [0.15, 0.2) is 60.8 Å². The molecular weight excluding hydrogens is 416 g/mol. The smallest absolute Gasteiger partial charge is 0.180 e. The van der Waals surface area contributed by atoms with Gasteiger partial charge >= 0.3 is 0 Å². The minimum Gasteiger partial charge on any atom is -0.497 e. The van der Waals surface area contributed by atoms with Gasteiger partial charge in [0, 0.05) is 18.7 Å². The van der Waals surface area contributed by atoms with E-state index in [1.165, 1.54) is 0 Å². The number of sulfone groups is 1. The van der Waals surface area contributed by atoms with Gasteiger partial charge in [0.1, 0.15) is 5.75 Å². The van der Waals surface area contributed by atoms with E-state index in [0.29, 0.717) is 5.56 Å². The van der Waals surface area contributed by atoms with E-state index in [-0.39, 0.29) is 23.8 Å². The van der Waals surface area contributed by atoms with Crippen LogP contribution in [0.3, 0.4) is 0 Å². The van der Waals surface area contributed by atoms with Crippen LogP contribution < -0.4 is 4.74 Å². The Labute approximate surface area is 182 Å². The highest BCUT2D eigenvalue weighted by Gasteiger charge is 2.47. The molecule has 0 radical (unpaired) electrons. The van der Waals surface area contributed by atoms with Gasteiger partial charge in [-0.3, -0.25) is 9.82 Å². The van der Waals surface area contributed by atoms with Crippen molar-refractivity contribution in [1.29, 1.82) is 0 Å². The van der Waals surface area contributed by atoms with Crippen LogP contribution in [0.2, 0.25) is 0 Å². The van der Waals surface area contributed by atoms with Crippen molar-refractivity contribution in [1.82, 2.24) is 10.0 Å². The molecule has 2 aromatic carbocycles. The number of ether oxygens (including phenoxy) is 2. The van der Waals surface area contributed by atoms with E-state index in [1.807, 2.05) is 61.5 Å². The molecule has 0 amide bonds. The third-order valence-electron chi connectivity index (χ3n) is 5.51. The number of methoxy groups -OCH3 is 2. The number of pyridine rings is 1. The van der Waals surface area contributed by atoms with Crippen molar-refractivity contribution in [3.63, 3.8) is 0 Å². The molecule has 0 bridgehead atoms. The first-order chi connectivity index (χ1) is 14.9. The van der Waals surface area contributed by atoms with E-state index < -0.39 is 15.9 Å². The highest BCUT2D eigenvalue weighted by Crippen LogP contribution is 2.41. The van der Waals surface area contributed by atoms with Gasteiger partial charge in [0.2, 0.25) is 0 Å². The molecule has 4 rings (SSSR count). The average molecular weight is 443 g/mol. The number of fused-ring (bicyclic) bond motifs is 1. The van der Waals surface area contributed by atoms with Gasteiger partial charge in [0.25, 0.3) is 0 Å². The number of rotatable bonds is 9. The van der Waals surface area contributed by atoms with Crippen LogP contribution in [0, 0.1) is 0 Å². The van der Waals surface area contributed by atoms with E-state index in [0.717, 1.165) is 22.2 Å². The van der Waals surface area contributed by atoms with Crippen LogP contribution in [0.5, 0.6) is 5.75 Å². The Balaban J connectivity index is 1.48. The molecule has 1 aliphatic heterocycles. The maximum Gasteiger partial charge on any atom is 0.180 e. The molecule has 4 unspecified atom stereocenters. The standard InChI is InChI=1S/C23H26N2O5S/c1-16(28-2)22(25-23(30-25)18-8-10-20(29-3)11-9-18)15-31(26,27)14-17-12-19-6-4-5-7-21(19)24-13-17/h4-13,16,22-23H,14-15H2,1-3H3. The first kappa shape index (κ1) is 21.7. The predicted molar refractivity (Wildman–Crippen MR) is 118 cm³/mol. The van der Waals surface area contributed by atoms with Crippen LogP contribution in [0.4, 0.5) is 0 Å². The summed E-state index contributed by atoms with van der Waals surface area (Å²) >= 11 is 0. The summed E-state index contributed by atoms with van der Waals surface area (Å²) in [6.07, 6.45) is 1.00. The summed E-state index contributed by atoms with van der Waals surface area (Å²) < 4.78 is 36.7. The van der Waals surface area contributed by atoms with Gasteiger partial charge in [-0.25, -0.2) is 8.42 Å². The molecule has 1 saturated heterocycles. The largest absolute Gasteiger partial charge is 0.497 e. The predicted octanol–water partition coefficient (Wildman–Crippen LogP) is 3.51. The quantitative estimate of drug-likeness (QED) is 0.469. The number of hydrogen-bond donors (Lipinski definition) is 0. The SMILES string of the molecule is COc1ccc(C2ON2C(CS(=O)(=O)Cc2cnc3ccccc3c2)C(C)OC)cc1. The zero-order valence-corrected chi connectivity index (χ0v) is 18.6. The summed E-state index contributed by atoms with van der Waals surface area (Å²) in [6.45, 7) is 1.85. The third-order valence-corrected chi connectivity index (χ3v) is 7.13. The second-order valence-electron chi connectivity index (χ2n) is 7.69. The fourth-order valence-corrected chi connectivity index (χ4v) is 5.38. The van der Waals surface area contributed by atoms with Crippen LogP contribution in [-0.4, -0.2) is 50.6 Å². The molecule has 164 valence electrons. The van der Waals surface area contributed by atoms with Crippen molar-refractivity contribution >= 4 is 20.7 Å². The van der Waals surface area contributed by atoms with Crippen molar-refractivity contribution in [2.45, 2.75) is 31.1 Å². The average Bonchev–Trinajstić information content (AvgIpc) is 3.57. The van der Waals surface area contributed by atoms with E-state index in [9.17, 15) is 8.42 Å².